The fourth-order valence-corrected chi connectivity index (χ4v) is 6.06. The summed E-state index contributed by atoms with van der Waals surface area (Å²) in [6.45, 7) is 2.93. The third kappa shape index (κ3) is 4.15. The van der Waals surface area contributed by atoms with Crippen LogP contribution < -0.4 is 5.32 Å². The highest BCUT2D eigenvalue weighted by atomic mass is 32.2. The Kier molecular flexibility index (Phi) is 5.95. The van der Waals surface area contributed by atoms with Crippen molar-refractivity contribution in [1.29, 1.82) is 0 Å². The van der Waals surface area contributed by atoms with Gasteiger partial charge in [-0.15, -0.1) is 0 Å². The van der Waals surface area contributed by atoms with Crippen molar-refractivity contribution in [3.05, 3.63) is 65.7 Å². The van der Waals surface area contributed by atoms with Crippen molar-refractivity contribution in [2.75, 3.05) is 19.6 Å². The predicted octanol–water partition coefficient (Wildman–Crippen LogP) is 2.83. The van der Waals surface area contributed by atoms with E-state index in [9.17, 15) is 13.2 Å². The van der Waals surface area contributed by atoms with Crippen LogP contribution in [0.25, 0.3) is 0 Å². The standard InChI is InChI=1S/C23H28N2O4S/c1-18(26)24-14-11-20-17-19-7-5-6-10-22(19)23(29-20)12-15-25(16-13-23)30(27,28)21-8-3-2-4-9-21/h2-10,20H,11-17H2,1H3,(H,24,26). The molecule has 2 heterocycles. The summed E-state index contributed by atoms with van der Waals surface area (Å²) in [6, 6.07) is 16.9. The lowest BCUT2D eigenvalue weighted by atomic mass is 9.78. The maximum atomic E-state index is 13.0. The molecule has 0 aromatic heterocycles. The molecule has 1 amide bonds. The van der Waals surface area contributed by atoms with Gasteiger partial charge in [0.05, 0.1) is 16.6 Å². The molecular formula is C23H28N2O4S. The van der Waals surface area contributed by atoms with Crippen molar-refractivity contribution >= 4 is 15.9 Å². The molecule has 0 radical (unpaired) electrons. The monoisotopic (exact) mass is 428 g/mol. The Labute approximate surface area is 178 Å². The van der Waals surface area contributed by atoms with Gasteiger partial charge in [-0.1, -0.05) is 42.5 Å². The minimum atomic E-state index is -3.50. The van der Waals surface area contributed by atoms with Gasteiger partial charge in [-0.05, 0) is 48.9 Å². The number of hydrogen-bond donors (Lipinski definition) is 1. The summed E-state index contributed by atoms with van der Waals surface area (Å²) >= 11 is 0. The number of piperidine rings is 1. The molecule has 7 heteroatoms. The van der Waals surface area contributed by atoms with E-state index < -0.39 is 15.6 Å². The predicted molar refractivity (Wildman–Crippen MR) is 114 cm³/mol. The summed E-state index contributed by atoms with van der Waals surface area (Å²) in [7, 11) is -3.50. The van der Waals surface area contributed by atoms with Crippen LogP contribution in [0.15, 0.2) is 59.5 Å². The number of ether oxygens (including phenoxy) is 1. The zero-order chi connectivity index (χ0) is 21.2. The van der Waals surface area contributed by atoms with Crippen molar-refractivity contribution in [2.45, 2.75) is 49.2 Å². The van der Waals surface area contributed by atoms with Gasteiger partial charge in [0.15, 0.2) is 0 Å². The second-order valence-electron chi connectivity index (χ2n) is 8.08. The first kappa shape index (κ1) is 21.0. The van der Waals surface area contributed by atoms with Gasteiger partial charge in [-0.25, -0.2) is 8.42 Å². The van der Waals surface area contributed by atoms with Gasteiger partial charge in [0.25, 0.3) is 0 Å². The number of carbonyl (C=O) groups is 1. The topological polar surface area (TPSA) is 75.7 Å². The van der Waals surface area contributed by atoms with Crippen LogP contribution >= 0.6 is 0 Å². The van der Waals surface area contributed by atoms with Crippen LogP contribution in [0.3, 0.4) is 0 Å². The largest absolute Gasteiger partial charge is 0.367 e. The Morgan fingerprint density at radius 1 is 1.10 bits per heavy atom. The molecule has 160 valence electrons. The number of hydrogen-bond acceptors (Lipinski definition) is 4. The number of amides is 1. The summed E-state index contributed by atoms with van der Waals surface area (Å²) in [5.41, 5.74) is 1.96. The summed E-state index contributed by atoms with van der Waals surface area (Å²) in [5.74, 6) is -0.0413. The molecule has 1 atom stereocenters. The fraction of sp³-hybridized carbons (Fsp3) is 0.435. The van der Waals surface area contributed by atoms with E-state index in [-0.39, 0.29) is 12.0 Å². The Morgan fingerprint density at radius 3 is 2.47 bits per heavy atom. The first-order valence-corrected chi connectivity index (χ1v) is 11.9. The molecule has 4 rings (SSSR count). The quantitative estimate of drug-likeness (QED) is 0.795. The summed E-state index contributed by atoms with van der Waals surface area (Å²) in [6.07, 6.45) is 2.79. The molecule has 2 aromatic carbocycles. The molecule has 2 aliphatic rings. The van der Waals surface area contributed by atoms with E-state index in [0.717, 1.165) is 12.8 Å². The van der Waals surface area contributed by atoms with Crippen molar-refractivity contribution in [1.82, 2.24) is 9.62 Å². The smallest absolute Gasteiger partial charge is 0.243 e. The maximum absolute atomic E-state index is 13.0. The molecule has 0 bridgehead atoms. The minimum absolute atomic E-state index is 0.00373. The molecule has 2 aromatic rings. The SMILES string of the molecule is CC(=O)NCCC1Cc2ccccc2C2(CCN(S(=O)(=O)c3ccccc3)CC2)O1. The van der Waals surface area contributed by atoms with E-state index >= 15 is 0 Å². The van der Waals surface area contributed by atoms with E-state index in [4.69, 9.17) is 4.74 Å². The van der Waals surface area contributed by atoms with Gasteiger partial charge >= 0.3 is 0 Å². The van der Waals surface area contributed by atoms with Gasteiger partial charge in [0, 0.05) is 26.6 Å². The molecule has 2 aliphatic heterocycles. The van der Waals surface area contributed by atoms with E-state index in [1.165, 1.54) is 18.1 Å². The second kappa shape index (κ2) is 8.49. The number of nitrogens with zero attached hydrogens (tertiary/aromatic N) is 1. The zero-order valence-electron chi connectivity index (χ0n) is 17.2. The average Bonchev–Trinajstić information content (AvgIpc) is 2.75. The number of nitrogens with one attached hydrogen (secondary N) is 1. The van der Waals surface area contributed by atoms with Crippen LogP contribution in [-0.4, -0.2) is 44.4 Å². The lowest BCUT2D eigenvalue weighted by Gasteiger charge is -2.47. The lowest BCUT2D eigenvalue weighted by Crippen LogP contribution is -2.50. The van der Waals surface area contributed by atoms with Crippen LogP contribution in [0.2, 0.25) is 0 Å². The number of sulfonamides is 1. The Balaban J connectivity index is 1.53. The summed E-state index contributed by atoms with van der Waals surface area (Å²) < 4.78 is 34.2. The van der Waals surface area contributed by atoms with Crippen molar-refractivity contribution in [2.24, 2.45) is 0 Å². The molecule has 0 aliphatic carbocycles. The molecule has 1 unspecified atom stereocenters. The molecule has 1 fully saturated rings. The van der Waals surface area contributed by atoms with Gasteiger partial charge in [0.1, 0.15) is 0 Å². The van der Waals surface area contributed by atoms with E-state index in [0.29, 0.717) is 37.4 Å². The van der Waals surface area contributed by atoms with Crippen LogP contribution in [0.4, 0.5) is 0 Å². The van der Waals surface area contributed by atoms with Crippen LogP contribution in [0.1, 0.15) is 37.3 Å². The molecule has 6 nitrogen and oxygen atoms in total. The fourth-order valence-electron chi connectivity index (χ4n) is 4.60. The van der Waals surface area contributed by atoms with E-state index in [1.54, 1.807) is 28.6 Å². The Hall–Kier alpha value is -2.22. The summed E-state index contributed by atoms with van der Waals surface area (Å²) in [5, 5.41) is 2.85. The molecule has 1 N–H and O–H groups in total. The Bertz CT molecular complexity index is 999. The average molecular weight is 429 g/mol. The molecular weight excluding hydrogens is 400 g/mol. The number of rotatable bonds is 5. The van der Waals surface area contributed by atoms with Crippen molar-refractivity contribution in [3.63, 3.8) is 0 Å². The zero-order valence-corrected chi connectivity index (χ0v) is 18.0. The van der Waals surface area contributed by atoms with E-state index in [2.05, 4.69) is 17.4 Å². The first-order chi connectivity index (χ1) is 14.4. The van der Waals surface area contributed by atoms with Gasteiger partial charge in [-0.2, -0.15) is 4.31 Å². The highest BCUT2D eigenvalue weighted by Crippen LogP contribution is 2.44. The van der Waals surface area contributed by atoms with E-state index in [1.807, 2.05) is 18.2 Å². The lowest BCUT2D eigenvalue weighted by molar-refractivity contribution is -0.135. The van der Waals surface area contributed by atoms with Gasteiger partial charge in [0.2, 0.25) is 15.9 Å². The first-order valence-electron chi connectivity index (χ1n) is 10.5. The third-order valence-electron chi connectivity index (χ3n) is 6.10. The summed E-state index contributed by atoms with van der Waals surface area (Å²) in [4.78, 5) is 11.5. The molecule has 1 saturated heterocycles. The highest BCUT2D eigenvalue weighted by molar-refractivity contribution is 7.89. The number of benzene rings is 2. The number of fused-ring (bicyclic) bond motifs is 2. The molecule has 1 spiro atoms. The minimum Gasteiger partial charge on any atom is -0.367 e. The van der Waals surface area contributed by atoms with Gasteiger partial charge < -0.3 is 10.1 Å². The molecule has 30 heavy (non-hydrogen) atoms. The maximum Gasteiger partial charge on any atom is 0.243 e. The van der Waals surface area contributed by atoms with Crippen LogP contribution in [-0.2, 0) is 31.6 Å². The third-order valence-corrected chi connectivity index (χ3v) is 8.01. The molecule has 0 saturated carbocycles. The Morgan fingerprint density at radius 2 is 1.77 bits per heavy atom. The highest BCUT2D eigenvalue weighted by Gasteiger charge is 2.45. The van der Waals surface area contributed by atoms with Crippen molar-refractivity contribution < 1.29 is 17.9 Å². The second-order valence-corrected chi connectivity index (χ2v) is 10.0. The number of carbonyl (C=O) groups excluding carboxylic acids is 1. The van der Waals surface area contributed by atoms with Gasteiger partial charge in [-0.3, -0.25) is 4.79 Å². The van der Waals surface area contributed by atoms with Crippen LogP contribution in [0, 0.1) is 0 Å². The van der Waals surface area contributed by atoms with Crippen LogP contribution in [0.5, 0.6) is 0 Å². The van der Waals surface area contributed by atoms with Crippen molar-refractivity contribution in [3.8, 4) is 0 Å². The normalized spacial score (nSPS) is 21.2.